The van der Waals surface area contributed by atoms with Crippen LogP contribution in [0.15, 0.2) is 53.4 Å². The lowest BCUT2D eigenvalue weighted by Gasteiger charge is -2.12. The number of halogens is 1. The number of benzene rings is 2. The first-order valence-electron chi connectivity index (χ1n) is 7.43. The summed E-state index contributed by atoms with van der Waals surface area (Å²) in [5.74, 6) is 0. The maximum atomic E-state index is 11.7. The number of aromatic nitrogens is 1. The molecule has 1 N–H and O–H groups in total. The smallest absolute Gasteiger partial charge is 0.175 e. The Morgan fingerprint density at radius 3 is 2.62 bits per heavy atom. The standard InChI is InChI=1S/C18H17ClN2O2S/c1-12-7-8-15(24(2,22)23)10-17(12)20-11-14-9-13-5-3-4-6-16(13)21-18(14)19/h3-10,20H,11H2,1-2H3. The highest BCUT2D eigenvalue weighted by Gasteiger charge is 2.10. The SMILES string of the molecule is Cc1ccc(S(C)(=O)=O)cc1NCc1cc2ccccc2nc1Cl. The van der Waals surface area contributed by atoms with Crippen LogP contribution in [0.2, 0.25) is 5.15 Å². The Hall–Kier alpha value is -2.11. The summed E-state index contributed by atoms with van der Waals surface area (Å²) in [5, 5.41) is 4.72. The zero-order chi connectivity index (χ0) is 17.3. The lowest BCUT2D eigenvalue weighted by atomic mass is 10.1. The van der Waals surface area contributed by atoms with E-state index in [-0.39, 0.29) is 0 Å². The molecule has 3 aromatic rings. The first kappa shape index (κ1) is 16.7. The Kier molecular flexibility index (Phi) is 4.47. The third-order valence-electron chi connectivity index (χ3n) is 3.86. The van der Waals surface area contributed by atoms with Gasteiger partial charge in [0.15, 0.2) is 9.84 Å². The Morgan fingerprint density at radius 1 is 1.12 bits per heavy atom. The fraction of sp³-hybridized carbons (Fsp3) is 0.167. The number of nitrogens with zero attached hydrogens (tertiary/aromatic N) is 1. The molecule has 24 heavy (non-hydrogen) atoms. The van der Waals surface area contributed by atoms with Crippen LogP contribution < -0.4 is 5.32 Å². The Balaban J connectivity index is 1.90. The van der Waals surface area contributed by atoms with Crippen LogP contribution in [0.4, 0.5) is 5.69 Å². The summed E-state index contributed by atoms with van der Waals surface area (Å²) in [7, 11) is -3.24. The van der Waals surface area contributed by atoms with Crippen LogP contribution in [0, 0.1) is 6.92 Å². The van der Waals surface area contributed by atoms with Crippen molar-refractivity contribution in [2.24, 2.45) is 0 Å². The van der Waals surface area contributed by atoms with Crippen LogP contribution in [0.5, 0.6) is 0 Å². The van der Waals surface area contributed by atoms with E-state index in [9.17, 15) is 8.42 Å². The van der Waals surface area contributed by atoms with E-state index in [0.717, 1.165) is 27.7 Å². The van der Waals surface area contributed by atoms with Gasteiger partial charge in [-0.15, -0.1) is 0 Å². The van der Waals surface area contributed by atoms with Crippen molar-refractivity contribution in [1.29, 1.82) is 0 Å². The third-order valence-corrected chi connectivity index (χ3v) is 5.29. The fourth-order valence-corrected chi connectivity index (χ4v) is 3.33. The highest BCUT2D eigenvalue weighted by molar-refractivity contribution is 7.90. The van der Waals surface area contributed by atoms with Gasteiger partial charge in [0, 0.05) is 29.4 Å². The summed E-state index contributed by atoms with van der Waals surface area (Å²) >= 11 is 6.27. The summed E-state index contributed by atoms with van der Waals surface area (Å²) in [6.07, 6.45) is 1.20. The third kappa shape index (κ3) is 3.52. The number of anilines is 1. The second-order valence-electron chi connectivity index (χ2n) is 5.73. The number of aryl methyl sites for hydroxylation is 1. The average molecular weight is 361 g/mol. The summed E-state index contributed by atoms with van der Waals surface area (Å²) < 4.78 is 23.4. The van der Waals surface area contributed by atoms with Crippen molar-refractivity contribution >= 4 is 38.0 Å². The number of hydrogen-bond acceptors (Lipinski definition) is 4. The van der Waals surface area contributed by atoms with E-state index >= 15 is 0 Å². The van der Waals surface area contributed by atoms with E-state index in [0.29, 0.717) is 16.6 Å². The van der Waals surface area contributed by atoms with Gasteiger partial charge in [-0.2, -0.15) is 0 Å². The van der Waals surface area contributed by atoms with Gasteiger partial charge in [0.1, 0.15) is 5.15 Å². The van der Waals surface area contributed by atoms with Crippen molar-refractivity contribution in [3.05, 3.63) is 64.8 Å². The van der Waals surface area contributed by atoms with E-state index in [1.54, 1.807) is 18.2 Å². The zero-order valence-electron chi connectivity index (χ0n) is 13.4. The van der Waals surface area contributed by atoms with Crippen molar-refractivity contribution in [3.63, 3.8) is 0 Å². The van der Waals surface area contributed by atoms with Gasteiger partial charge in [0.2, 0.25) is 0 Å². The van der Waals surface area contributed by atoms with Crippen molar-refractivity contribution in [2.75, 3.05) is 11.6 Å². The molecule has 0 aliphatic heterocycles. The van der Waals surface area contributed by atoms with Crippen molar-refractivity contribution in [1.82, 2.24) is 4.98 Å². The predicted octanol–water partition coefficient (Wildman–Crippen LogP) is 4.21. The topological polar surface area (TPSA) is 59.1 Å². The van der Waals surface area contributed by atoms with Gasteiger partial charge in [-0.05, 0) is 36.8 Å². The number of fused-ring (bicyclic) bond motifs is 1. The lowest BCUT2D eigenvalue weighted by Crippen LogP contribution is -2.05. The molecular weight excluding hydrogens is 344 g/mol. The van der Waals surface area contributed by atoms with Crippen LogP contribution in [0.1, 0.15) is 11.1 Å². The van der Waals surface area contributed by atoms with E-state index in [1.165, 1.54) is 6.26 Å². The van der Waals surface area contributed by atoms with Gasteiger partial charge in [-0.25, -0.2) is 13.4 Å². The van der Waals surface area contributed by atoms with Crippen molar-refractivity contribution < 1.29 is 8.42 Å². The minimum absolute atomic E-state index is 0.290. The Bertz CT molecular complexity index is 1020. The van der Waals surface area contributed by atoms with E-state index in [1.807, 2.05) is 37.3 Å². The Labute approximate surface area is 146 Å². The second kappa shape index (κ2) is 6.42. The molecule has 0 unspecified atom stereocenters. The van der Waals surface area contributed by atoms with Crippen molar-refractivity contribution in [3.8, 4) is 0 Å². The number of pyridine rings is 1. The molecule has 0 radical (unpaired) electrons. The molecule has 0 aliphatic rings. The predicted molar refractivity (Wildman–Crippen MR) is 98.4 cm³/mol. The van der Waals surface area contributed by atoms with E-state index < -0.39 is 9.84 Å². The molecule has 0 aliphatic carbocycles. The summed E-state index contributed by atoms with van der Waals surface area (Å²) in [6.45, 7) is 2.39. The number of para-hydroxylation sites is 1. The van der Waals surface area contributed by atoms with Crippen LogP contribution in [-0.4, -0.2) is 19.7 Å². The molecule has 0 fully saturated rings. The van der Waals surface area contributed by atoms with Gasteiger partial charge in [-0.1, -0.05) is 35.9 Å². The first-order valence-corrected chi connectivity index (χ1v) is 9.70. The fourth-order valence-electron chi connectivity index (χ4n) is 2.47. The van der Waals surface area contributed by atoms with Gasteiger partial charge in [0.05, 0.1) is 10.4 Å². The molecule has 0 amide bonds. The maximum Gasteiger partial charge on any atom is 0.175 e. The van der Waals surface area contributed by atoms with E-state index in [2.05, 4.69) is 10.3 Å². The lowest BCUT2D eigenvalue weighted by molar-refractivity contribution is 0.602. The highest BCUT2D eigenvalue weighted by Crippen LogP contribution is 2.24. The van der Waals surface area contributed by atoms with Gasteiger partial charge >= 0.3 is 0 Å². The molecule has 0 saturated heterocycles. The molecule has 0 spiro atoms. The normalized spacial score (nSPS) is 11.6. The van der Waals surface area contributed by atoms with Crippen LogP contribution in [0.3, 0.4) is 0 Å². The van der Waals surface area contributed by atoms with Gasteiger partial charge in [0.25, 0.3) is 0 Å². The minimum atomic E-state index is -3.24. The van der Waals surface area contributed by atoms with E-state index in [4.69, 9.17) is 11.6 Å². The quantitative estimate of drug-likeness (QED) is 0.708. The molecule has 2 aromatic carbocycles. The summed E-state index contributed by atoms with van der Waals surface area (Å²) in [5.41, 5.74) is 3.44. The molecule has 1 heterocycles. The molecule has 3 rings (SSSR count). The molecule has 124 valence electrons. The number of rotatable bonds is 4. The summed E-state index contributed by atoms with van der Waals surface area (Å²) in [6, 6.07) is 14.8. The molecular formula is C18H17ClN2O2S. The minimum Gasteiger partial charge on any atom is -0.381 e. The largest absolute Gasteiger partial charge is 0.381 e. The monoisotopic (exact) mass is 360 g/mol. The molecule has 4 nitrogen and oxygen atoms in total. The highest BCUT2D eigenvalue weighted by atomic mass is 35.5. The van der Waals surface area contributed by atoms with Gasteiger partial charge in [-0.3, -0.25) is 0 Å². The number of hydrogen-bond donors (Lipinski definition) is 1. The second-order valence-corrected chi connectivity index (χ2v) is 8.11. The Morgan fingerprint density at radius 2 is 1.88 bits per heavy atom. The van der Waals surface area contributed by atoms with Crippen molar-refractivity contribution in [2.45, 2.75) is 18.4 Å². The average Bonchev–Trinajstić information content (AvgIpc) is 2.53. The van der Waals surface area contributed by atoms with Crippen LogP contribution in [-0.2, 0) is 16.4 Å². The maximum absolute atomic E-state index is 11.7. The molecule has 6 heteroatoms. The zero-order valence-corrected chi connectivity index (χ0v) is 14.9. The molecule has 1 aromatic heterocycles. The first-order chi connectivity index (χ1) is 11.3. The van der Waals surface area contributed by atoms with Crippen LogP contribution >= 0.6 is 11.6 Å². The molecule has 0 atom stereocenters. The molecule has 0 saturated carbocycles. The number of sulfone groups is 1. The number of nitrogens with one attached hydrogen (secondary N) is 1. The van der Waals surface area contributed by atoms with Crippen LogP contribution in [0.25, 0.3) is 10.9 Å². The summed E-state index contributed by atoms with van der Waals surface area (Å²) in [4.78, 5) is 4.69. The van der Waals surface area contributed by atoms with Gasteiger partial charge < -0.3 is 5.32 Å². The molecule has 0 bridgehead atoms.